The smallest absolute Gasteiger partial charge is 0.194 e. The fourth-order valence-electron chi connectivity index (χ4n) is 1.94. The minimum Gasteiger partial charge on any atom is -0.204 e. The summed E-state index contributed by atoms with van der Waals surface area (Å²) in [6.07, 6.45) is 5.58. The third-order valence-corrected chi connectivity index (χ3v) is 2.96. The first-order valence-corrected chi connectivity index (χ1v) is 4.86. The quantitative estimate of drug-likeness (QED) is 0.491. The maximum atomic E-state index is 13.0. The predicted octanol–water partition coefficient (Wildman–Crippen LogP) is 3.71. The maximum absolute atomic E-state index is 13.0. The molecule has 0 spiro atoms. The van der Waals surface area contributed by atoms with E-state index >= 15 is 0 Å². The van der Waals surface area contributed by atoms with Gasteiger partial charge in [-0.05, 0) is 30.5 Å². The zero-order chi connectivity index (χ0) is 11.1. The fourth-order valence-corrected chi connectivity index (χ4v) is 1.94. The van der Waals surface area contributed by atoms with Crippen LogP contribution in [0.25, 0.3) is 0 Å². The molecule has 80 valence electrons. The normalized spacial score (nSPS) is 24.8. The average Bonchev–Trinajstić information content (AvgIpc) is 2.62. The van der Waals surface area contributed by atoms with Gasteiger partial charge in [-0.25, -0.2) is 13.2 Å². The second-order valence-electron chi connectivity index (χ2n) is 4.11. The zero-order valence-electron chi connectivity index (χ0n) is 8.36. The van der Waals surface area contributed by atoms with Crippen molar-refractivity contribution < 1.29 is 13.2 Å². The fraction of sp³-hybridized carbons (Fsp3) is 0.333. The van der Waals surface area contributed by atoms with E-state index in [2.05, 4.69) is 0 Å². The topological polar surface area (TPSA) is 0 Å². The number of hydrogen-bond donors (Lipinski definition) is 0. The first-order chi connectivity index (χ1) is 7.03. The van der Waals surface area contributed by atoms with Crippen molar-refractivity contribution in [2.75, 3.05) is 0 Å². The third-order valence-electron chi connectivity index (χ3n) is 2.96. The molecule has 0 N–H and O–H groups in total. The highest BCUT2D eigenvalue weighted by Crippen LogP contribution is 2.36. The van der Waals surface area contributed by atoms with Gasteiger partial charge in [0, 0.05) is 5.41 Å². The standard InChI is InChI=1S/C12H11F3/c1-12(4-2-3-5-12)8-6-9(13)11(15)10(14)7-8/h2,4,6-7H,3,5H2,1H3/t12-/m0/s1. The van der Waals surface area contributed by atoms with Crippen molar-refractivity contribution >= 4 is 0 Å². The molecule has 1 aliphatic rings. The second-order valence-corrected chi connectivity index (χ2v) is 4.11. The highest BCUT2D eigenvalue weighted by molar-refractivity contribution is 5.33. The predicted molar refractivity (Wildman–Crippen MR) is 52.0 cm³/mol. The minimum atomic E-state index is -1.40. The van der Waals surface area contributed by atoms with Crippen LogP contribution in [-0.4, -0.2) is 0 Å². The van der Waals surface area contributed by atoms with Gasteiger partial charge in [-0.1, -0.05) is 19.1 Å². The summed E-state index contributed by atoms with van der Waals surface area (Å²) < 4.78 is 38.8. The number of benzene rings is 1. The SMILES string of the molecule is C[C@]1(c2cc(F)c(F)c(F)c2)C=CCC1. The summed E-state index contributed by atoms with van der Waals surface area (Å²) >= 11 is 0. The molecular formula is C12H11F3. The van der Waals surface area contributed by atoms with Gasteiger partial charge in [0.25, 0.3) is 0 Å². The largest absolute Gasteiger partial charge is 0.204 e. The summed E-state index contributed by atoms with van der Waals surface area (Å²) in [5.41, 5.74) is 0.128. The number of halogens is 3. The molecule has 3 heteroatoms. The molecule has 0 radical (unpaired) electrons. The van der Waals surface area contributed by atoms with Gasteiger partial charge in [0.15, 0.2) is 17.5 Å². The Bertz CT molecular complexity index is 400. The Kier molecular flexibility index (Phi) is 2.33. The van der Waals surface area contributed by atoms with E-state index in [1.54, 1.807) is 0 Å². The number of hydrogen-bond acceptors (Lipinski definition) is 0. The van der Waals surface area contributed by atoms with E-state index in [-0.39, 0.29) is 5.41 Å². The summed E-state index contributed by atoms with van der Waals surface area (Å²) in [6.45, 7) is 1.89. The molecule has 0 bridgehead atoms. The van der Waals surface area contributed by atoms with Crippen LogP contribution < -0.4 is 0 Å². The van der Waals surface area contributed by atoms with Crippen LogP contribution in [0.5, 0.6) is 0 Å². The van der Waals surface area contributed by atoms with Gasteiger partial charge >= 0.3 is 0 Å². The lowest BCUT2D eigenvalue weighted by Gasteiger charge is -2.22. The van der Waals surface area contributed by atoms with Crippen LogP contribution in [0.2, 0.25) is 0 Å². The Hall–Kier alpha value is -1.25. The summed E-state index contributed by atoms with van der Waals surface area (Å²) in [5, 5.41) is 0. The van der Waals surface area contributed by atoms with Crippen molar-refractivity contribution in [3.8, 4) is 0 Å². The lowest BCUT2D eigenvalue weighted by Crippen LogP contribution is -2.16. The van der Waals surface area contributed by atoms with Crippen LogP contribution >= 0.6 is 0 Å². The molecular weight excluding hydrogens is 201 g/mol. The maximum Gasteiger partial charge on any atom is 0.194 e. The number of allylic oxidation sites excluding steroid dienone is 2. The third kappa shape index (κ3) is 1.66. The Labute approximate surface area is 86.4 Å². The van der Waals surface area contributed by atoms with Gasteiger partial charge in [-0.15, -0.1) is 0 Å². The van der Waals surface area contributed by atoms with E-state index in [1.165, 1.54) is 0 Å². The summed E-state index contributed by atoms with van der Waals surface area (Å²) in [5.74, 6) is -3.64. The molecule has 2 rings (SSSR count). The average molecular weight is 212 g/mol. The first kappa shape index (κ1) is 10.3. The molecule has 0 unspecified atom stereocenters. The Morgan fingerprint density at radius 1 is 1.13 bits per heavy atom. The van der Waals surface area contributed by atoms with Crippen LogP contribution in [0.3, 0.4) is 0 Å². The van der Waals surface area contributed by atoms with Gasteiger partial charge in [0.05, 0.1) is 0 Å². The molecule has 0 saturated heterocycles. The van der Waals surface area contributed by atoms with E-state index in [0.29, 0.717) is 5.56 Å². The molecule has 0 fully saturated rings. The van der Waals surface area contributed by atoms with Crippen molar-refractivity contribution in [3.05, 3.63) is 47.3 Å². The van der Waals surface area contributed by atoms with Gasteiger partial charge in [0.1, 0.15) is 0 Å². The lowest BCUT2D eigenvalue weighted by molar-refractivity contribution is 0.439. The Balaban J connectivity index is 2.50. The lowest BCUT2D eigenvalue weighted by atomic mass is 9.82. The van der Waals surface area contributed by atoms with Crippen LogP contribution in [-0.2, 0) is 5.41 Å². The van der Waals surface area contributed by atoms with Crippen LogP contribution in [0, 0.1) is 17.5 Å². The molecule has 1 aromatic carbocycles. The zero-order valence-corrected chi connectivity index (χ0v) is 8.36. The van der Waals surface area contributed by atoms with Crippen LogP contribution in [0.4, 0.5) is 13.2 Å². The first-order valence-electron chi connectivity index (χ1n) is 4.86. The monoisotopic (exact) mass is 212 g/mol. The van der Waals surface area contributed by atoms with E-state index in [1.807, 2.05) is 19.1 Å². The van der Waals surface area contributed by atoms with Gasteiger partial charge in [-0.3, -0.25) is 0 Å². The minimum absolute atomic E-state index is 0.366. The van der Waals surface area contributed by atoms with Crippen molar-refractivity contribution in [1.82, 2.24) is 0 Å². The molecule has 0 aliphatic heterocycles. The van der Waals surface area contributed by atoms with Crippen LogP contribution in [0.15, 0.2) is 24.3 Å². The summed E-state index contributed by atoms with van der Waals surface area (Å²) in [4.78, 5) is 0. The van der Waals surface area contributed by atoms with Crippen molar-refractivity contribution in [2.45, 2.75) is 25.2 Å². The molecule has 1 aliphatic carbocycles. The molecule has 15 heavy (non-hydrogen) atoms. The van der Waals surface area contributed by atoms with Crippen molar-refractivity contribution in [3.63, 3.8) is 0 Å². The molecule has 0 aromatic heterocycles. The van der Waals surface area contributed by atoms with Gasteiger partial charge in [0.2, 0.25) is 0 Å². The Morgan fingerprint density at radius 3 is 2.20 bits per heavy atom. The molecule has 0 amide bonds. The van der Waals surface area contributed by atoms with E-state index in [4.69, 9.17) is 0 Å². The highest BCUT2D eigenvalue weighted by atomic mass is 19.2. The molecule has 1 atom stereocenters. The molecule has 0 heterocycles. The Morgan fingerprint density at radius 2 is 1.73 bits per heavy atom. The van der Waals surface area contributed by atoms with E-state index in [0.717, 1.165) is 25.0 Å². The summed E-state index contributed by atoms with van der Waals surface area (Å²) in [7, 11) is 0. The number of rotatable bonds is 1. The highest BCUT2D eigenvalue weighted by Gasteiger charge is 2.28. The molecule has 1 aromatic rings. The molecule has 0 saturated carbocycles. The van der Waals surface area contributed by atoms with E-state index in [9.17, 15) is 13.2 Å². The van der Waals surface area contributed by atoms with Gasteiger partial charge < -0.3 is 0 Å². The summed E-state index contributed by atoms with van der Waals surface area (Å²) in [6, 6.07) is 2.15. The molecule has 0 nitrogen and oxygen atoms in total. The van der Waals surface area contributed by atoms with Crippen molar-refractivity contribution in [1.29, 1.82) is 0 Å². The van der Waals surface area contributed by atoms with E-state index < -0.39 is 17.5 Å². The van der Waals surface area contributed by atoms with Crippen molar-refractivity contribution in [2.24, 2.45) is 0 Å². The second kappa shape index (κ2) is 3.40. The van der Waals surface area contributed by atoms with Crippen LogP contribution in [0.1, 0.15) is 25.3 Å². The van der Waals surface area contributed by atoms with Gasteiger partial charge in [-0.2, -0.15) is 0 Å².